The van der Waals surface area contributed by atoms with Crippen LogP contribution >= 0.6 is 11.3 Å². The number of carbonyl (C=O) groups is 1. The third-order valence-corrected chi connectivity index (χ3v) is 7.22. The molecule has 1 aliphatic heterocycles. The first-order chi connectivity index (χ1) is 13.5. The first-order valence-corrected chi connectivity index (χ1v) is 11.1. The number of hydrogen-bond donors (Lipinski definition) is 0. The van der Waals surface area contributed by atoms with Gasteiger partial charge in [0.05, 0.1) is 5.56 Å². The molecule has 0 aliphatic carbocycles. The maximum absolute atomic E-state index is 13.3. The van der Waals surface area contributed by atoms with Gasteiger partial charge in [-0.25, -0.2) is 8.42 Å². The topological polar surface area (TPSA) is 88.4 Å². The Hall–Kier alpha value is -2.56. The maximum Gasteiger partial charge on any atom is 0.254 e. The van der Waals surface area contributed by atoms with Crippen LogP contribution in [0.1, 0.15) is 10.4 Å². The van der Waals surface area contributed by atoms with Crippen LogP contribution in [-0.4, -0.2) is 64.5 Å². The highest BCUT2D eigenvalue weighted by Gasteiger charge is 2.33. The molecule has 146 valence electrons. The monoisotopic (exact) mass is 417 g/mol. The van der Waals surface area contributed by atoms with Crippen molar-refractivity contribution in [3.05, 3.63) is 53.1 Å². The fourth-order valence-corrected chi connectivity index (χ4v) is 5.44. The van der Waals surface area contributed by atoms with Crippen molar-refractivity contribution in [1.82, 2.24) is 24.0 Å². The number of nitrogens with zero attached hydrogens (tertiary/aromatic N) is 5. The van der Waals surface area contributed by atoms with Crippen molar-refractivity contribution in [2.24, 2.45) is 7.05 Å². The Balaban J connectivity index is 1.55. The van der Waals surface area contributed by atoms with Crippen molar-refractivity contribution >= 4 is 27.3 Å². The highest BCUT2D eigenvalue weighted by molar-refractivity contribution is 7.89. The molecular weight excluding hydrogens is 398 g/mol. The maximum atomic E-state index is 13.3. The second kappa shape index (κ2) is 7.46. The number of pyridine rings is 1. The lowest BCUT2D eigenvalue weighted by Crippen LogP contribution is -2.50. The highest BCUT2D eigenvalue weighted by atomic mass is 32.2. The molecule has 0 atom stereocenters. The van der Waals surface area contributed by atoms with Gasteiger partial charge in [-0.1, -0.05) is 0 Å². The number of aromatic nitrogens is 3. The van der Waals surface area contributed by atoms with Crippen LogP contribution < -0.4 is 0 Å². The number of amides is 1. The fourth-order valence-electron chi connectivity index (χ4n) is 3.20. The summed E-state index contributed by atoms with van der Waals surface area (Å²) in [6.45, 7) is 1.21. The van der Waals surface area contributed by atoms with Crippen molar-refractivity contribution in [1.29, 1.82) is 0 Å². The molecule has 1 amide bonds. The van der Waals surface area contributed by atoms with E-state index in [0.29, 0.717) is 29.9 Å². The Bertz CT molecular complexity index is 1070. The molecule has 1 fully saturated rings. The molecule has 0 bridgehead atoms. The third-order valence-electron chi connectivity index (χ3n) is 4.64. The van der Waals surface area contributed by atoms with E-state index in [4.69, 9.17) is 0 Å². The lowest BCUT2D eigenvalue weighted by atomic mass is 10.2. The average molecular weight is 418 g/mol. The Labute approximate surface area is 167 Å². The molecule has 0 N–H and O–H groups in total. The van der Waals surface area contributed by atoms with Gasteiger partial charge in [0.25, 0.3) is 5.91 Å². The van der Waals surface area contributed by atoms with Crippen LogP contribution in [0.4, 0.5) is 0 Å². The molecule has 0 unspecified atom stereocenters. The largest absolute Gasteiger partial charge is 0.336 e. The van der Waals surface area contributed by atoms with Crippen LogP contribution in [0.15, 0.2) is 52.4 Å². The number of aryl methyl sites for hydroxylation is 1. The standard InChI is InChI=1S/C18H19N5O3S2/c1-21-12-16(17(20-21)14-3-2-5-19-11-14)28(25,26)23-8-6-22(7-9-23)18(24)15-4-10-27-13-15/h2-5,10-13H,6-9H2,1H3. The van der Waals surface area contributed by atoms with Gasteiger partial charge in [-0.15, -0.1) is 0 Å². The van der Waals surface area contributed by atoms with E-state index in [9.17, 15) is 13.2 Å². The molecule has 4 heterocycles. The predicted octanol–water partition coefficient (Wildman–Crippen LogP) is 1.69. The van der Waals surface area contributed by atoms with Crippen molar-refractivity contribution < 1.29 is 13.2 Å². The van der Waals surface area contributed by atoms with E-state index in [-0.39, 0.29) is 23.9 Å². The van der Waals surface area contributed by atoms with E-state index in [1.165, 1.54) is 26.5 Å². The molecule has 8 nitrogen and oxygen atoms in total. The van der Waals surface area contributed by atoms with Gasteiger partial charge >= 0.3 is 0 Å². The van der Waals surface area contributed by atoms with E-state index in [2.05, 4.69) is 10.1 Å². The van der Waals surface area contributed by atoms with Crippen molar-refractivity contribution in [2.75, 3.05) is 26.2 Å². The van der Waals surface area contributed by atoms with Gasteiger partial charge in [0.2, 0.25) is 10.0 Å². The summed E-state index contributed by atoms with van der Waals surface area (Å²) < 4.78 is 29.4. The highest BCUT2D eigenvalue weighted by Crippen LogP contribution is 2.28. The van der Waals surface area contributed by atoms with Gasteiger partial charge in [-0.3, -0.25) is 14.5 Å². The summed E-state index contributed by atoms with van der Waals surface area (Å²) in [6, 6.07) is 5.31. The summed E-state index contributed by atoms with van der Waals surface area (Å²) in [5.74, 6) is -0.0595. The zero-order valence-electron chi connectivity index (χ0n) is 15.2. The molecule has 0 spiro atoms. The smallest absolute Gasteiger partial charge is 0.254 e. The van der Waals surface area contributed by atoms with E-state index in [0.717, 1.165) is 0 Å². The van der Waals surface area contributed by atoms with Crippen molar-refractivity contribution in [2.45, 2.75) is 4.90 Å². The Morgan fingerprint density at radius 1 is 1.18 bits per heavy atom. The number of carbonyl (C=O) groups excluding carboxylic acids is 1. The van der Waals surface area contributed by atoms with Gasteiger partial charge in [-0.05, 0) is 23.6 Å². The van der Waals surface area contributed by atoms with Crippen molar-refractivity contribution in [3.63, 3.8) is 0 Å². The number of rotatable bonds is 4. The first kappa shape index (κ1) is 18.8. The normalized spacial score (nSPS) is 15.7. The molecule has 4 rings (SSSR count). The van der Waals surface area contributed by atoms with Crippen LogP contribution in [0.3, 0.4) is 0 Å². The molecule has 0 radical (unpaired) electrons. The van der Waals surface area contributed by atoms with Crippen molar-refractivity contribution in [3.8, 4) is 11.3 Å². The van der Waals surface area contributed by atoms with E-state index in [1.807, 2.05) is 5.38 Å². The van der Waals surface area contributed by atoms with Gasteiger partial charge in [0, 0.05) is 62.8 Å². The first-order valence-electron chi connectivity index (χ1n) is 8.72. The fraction of sp³-hybridized carbons (Fsp3) is 0.278. The minimum Gasteiger partial charge on any atom is -0.336 e. The van der Waals surface area contributed by atoms with E-state index < -0.39 is 10.0 Å². The zero-order chi connectivity index (χ0) is 19.7. The van der Waals surface area contributed by atoms with Gasteiger partial charge in [-0.2, -0.15) is 20.7 Å². The lowest BCUT2D eigenvalue weighted by molar-refractivity contribution is 0.0698. The summed E-state index contributed by atoms with van der Waals surface area (Å²) in [6.07, 6.45) is 4.74. The number of thiophene rings is 1. The van der Waals surface area contributed by atoms with Crippen LogP contribution in [0, 0.1) is 0 Å². The Morgan fingerprint density at radius 3 is 2.61 bits per heavy atom. The second-order valence-electron chi connectivity index (χ2n) is 6.47. The lowest BCUT2D eigenvalue weighted by Gasteiger charge is -2.33. The molecule has 3 aromatic rings. The summed E-state index contributed by atoms with van der Waals surface area (Å²) in [7, 11) is -2.05. The summed E-state index contributed by atoms with van der Waals surface area (Å²) in [4.78, 5) is 18.4. The molecule has 3 aromatic heterocycles. The summed E-state index contributed by atoms with van der Waals surface area (Å²) in [5.41, 5.74) is 1.67. The molecule has 0 saturated carbocycles. The SMILES string of the molecule is Cn1cc(S(=O)(=O)N2CCN(C(=O)c3ccsc3)CC2)c(-c2cccnc2)n1. The number of hydrogen-bond acceptors (Lipinski definition) is 6. The average Bonchev–Trinajstić information content (AvgIpc) is 3.38. The van der Waals surface area contributed by atoms with Crippen LogP contribution in [0.25, 0.3) is 11.3 Å². The van der Waals surface area contributed by atoms with Gasteiger partial charge in [0.1, 0.15) is 10.6 Å². The van der Waals surface area contributed by atoms with Crippen LogP contribution in [-0.2, 0) is 17.1 Å². The number of sulfonamides is 1. The molecule has 0 aromatic carbocycles. The quantitative estimate of drug-likeness (QED) is 0.645. The molecular formula is C18H19N5O3S2. The molecule has 1 saturated heterocycles. The predicted molar refractivity (Wildman–Crippen MR) is 105 cm³/mol. The van der Waals surface area contributed by atoms with Gasteiger partial charge < -0.3 is 4.90 Å². The molecule has 28 heavy (non-hydrogen) atoms. The Morgan fingerprint density at radius 2 is 1.96 bits per heavy atom. The minimum absolute atomic E-state index is 0.0595. The van der Waals surface area contributed by atoms with Crippen LogP contribution in [0.5, 0.6) is 0 Å². The molecule has 10 heteroatoms. The molecule has 1 aliphatic rings. The minimum atomic E-state index is -3.74. The zero-order valence-corrected chi connectivity index (χ0v) is 16.9. The van der Waals surface area contributed by atoms with Gasteiger partial charge in [0.15, 0.2) is 0 Å². The number of piperazine rings is 1. The van der Waals surface area contributed by atoms with E-state index in [1.54, 1.807) is 47.9 Å². The third kappa shape index (κ3) is 3.46. The van der Waals surface area contributed by atoms with Crippen LogP contribution in [0.2, 0.25) is 0 Å². The summed E-state index contributed by atoms with van der Waals surface area (Å²) >= 11 is 1.47. The Kier molecular flexibility index (Phi) is 5.00. The second-order valence-corrected chi connectivity index (χ2v) is 9.15. The van der Waals surface area contributed by atoms with E-state index >= 15 is 0 Å². The summed E-state index contributed by atoms with van der Waals surface area (Å²) in [5, 5.41) is 7.99.